The Morgan fingerprint density at radius 2 is 1.91 bits per heavy atom. The van der Waals surface area contributed by atoms with Gasteiger partial charge in [0.2, 0.25) is 0 Å². The van der Waals surface area contributed by atoms with Crippen LogP contribution in [-0.4, -0.2) is 40.7 Å². The van der Waals surface area contributed by atoms with Crippen molar-refractivity contribution in [1.29, 1.82) is 0 Å². The Morgan fingerprint density at radius 1 is 1.13 bits per heavy atom. The lowest BCUT2D eigenvalue weighted by Crippen LogP contribution is -2.46. The predicted molar refractivity (Wildman–Crippen MR) is 93.8 cm³/mol. The summed E-state index contributed by atoms with van der Waals surface area (Å²) in [5.41, 5.74) is 3.83. The Bertz CT molecular complexity index is 664. The molecule has 3 heterocycles. The van der Waals surface area contributed by atoms with Crippen LogP contribution in [0.3, 0.4) is 0 Å². The zero-order chi connectivity index (χ0) is 15.6. The maximum atomic E-state index is 9.16. The molecule has 5 heteroatoms. The van der Waals surface area contributed by atoms with Gasteiger partial charge in [0.05, 0.1) is 12.3 Å². The van der Waals surface area contributed by atoms with Crippen LogP contribution in [-0.2, 0) is 19.6 Å². The van der Waals surface area contributed by atoms with Crippen LogP contribution in [0.2, 0.25) is 0 Å². The largest absolute Gasteiger partial charge is 0.390 e. The number of hydrogen-bond donors (Lipinski definition) is 1. The first-order chi connectivity index (χ1) is 11.3. The van der Waals surface area contributed by atoms with Crippen LogP contribution in [0.25, 0.3) is 0 Å². The highest BCUT2D eigenvalue weighted by atomic mass is 32.1. The van der Waals surface area contributed by atoms with E-state index in [1.165, 1.54) is 36.9 Å². The van der Waals surface area contributed by atoms with Crippen LogP contribution in [0, 0.1) is 0 Å². The molecule has 23 heavy (non-hydrogen) atoms. The molecule has 1 aromatic carbocycles. The number of fused-ring (bicyclic) bond motifs is 1. The summed E-state index contributed by atoms with van der Waals surface area (Å²) in [6.45, 7) is 4.48. The lowest BCUT2D eigenvalue weighted by Gasteiger charge is -2.40. The molecule has 1 N–H and O–H groups in total. The molecule has 2 aliphatic rings. The third kappa shape index (κ3) is 3.13. The van der Waals surface area contributed by atoms with Gasteiger partial charge in [-0.2, -0.15) is 0 Å². The summed E-state index contributed by atoms with van der Waals surface area (Å²) < 4.78 is 0. The number of benzene rings is 1. The summed E-state index contributed by atoms with van der Waals surface area (Å²) in [6, 6.07) is 9.56. The van der Waals surface area contributed by atoms with E-state index in [2.05, 4.69) is 39.0 Å². The van der Waals surface area contributed by atoms with Gasteiger partial charge in [0.1, 0.15) is 0 Å². The van der Waals surface area contributed by atoms with Gasteiger partial charge in [-0.15, -0.1) is 11.3 Å². The van der Waals surface area contributed by atoms with E-state index in [0.29, 0.717) is 6.04 Å². The van der Waals surface area contributed by atoms with E-state index in [-0.39, 0.29) is 6.61 Å². The zero-order valence-electron chi connectivity index (χ0n) is 13.3. The van der Waals surface area contributed by atoms with Gasteiger partial charge in [0.25, 0.3) is 0 Å². The molecule has 0 bridgehead atoms. The van der Waals surface area contributed by atoms with Crippen LogP contribution in [0.4, 0.5) is 5.13 Å². The van der Waals surface area contributed by atoms with Gasteiger partial charge in [-0.25, -0.2) is 4.98 Å². The summed E-state index contributed by atoms with van der Waals surface area (Å²) in [5, 5.41) is 12.2. The number of nitrogens with zero attached hydrogens (tertiary/aromatic N) is 3. The summed E-state index contributed by atoms with van der Waals surface area (Å²) in [4.78, 5) is 9.54. The highest BCUT2D eigenvalue weighted by Gasteiger charge is 2.28. The SMILES string of the molecule is OCc1csc(N2CCC(N3CCc4ccccc4C3)CC2)n1. The molecule has 1 saturated heterocycles. The van der Waals surface area contributed by atoms with E-state index in [0.717, 1.165) is 30.5 Å². The Balaban J connectivity index is 1.37. The number of anilines is 1. The summed E-state index contributed by atoms with van der Waals surface area (Å²) in [7, 11) is 0. The molecule has 0 radical (unpaired) electrons. The molecule has 4 rings (SSSR count). The Labute approximate surface area is 141 Å². The van der Waals surface area contributed by atoms with E-state index in [1.807, 2.05) is 5.38 Å². The average Bonchev–Trinajstić information content (AvgIpc) is 3.11. The summed E-state index contributed by atoms with van der Waals surface area (Å²) in [5.74, 6) is 0. The van der Waals surface area contributed by atoms with Gasteiger partial charge in [-0.1, -0.05) is 24.3 Å². The van der Waals surface area contributed by atoms with Crippen molar-refractivity contribution in [2.24, 2.45) is 0 Å². The molecule has 122 valence electrons. The van der Waals surface area contributed by atoms with Crippen molar-refractivity contribution in [3.63, 3.8) is 0 Å². The second-order valence-corrected chi connectivity index (χ2v) is 7.32. The average molecular weight is 329 g/mol. The van der Waals surface area contributed by atoms with E-state index >= 15 is 0 Å². The minimum absolute atomic E-state index is 0.0418. The van der Waals surface area contributed by atoms with Crippen molar-refractivity contribution in [1.82, 2.24) is 9.88 Å². The number of hydrogen-bond acceptors (Lipinski definition) is 5. The molecule has 2 aliphatic heterocycles. The molecule has 0 aliphatic carbocycles. The molecule has 0 spiro atoms. The number of aliphatic hydroxyl groups excluding tert-OH is 1. The van der Waals surface area contributed by atoms with E-state index in [1.54, 1.807) is 11.3 Å². The van der Waals surface area contributed by atoms with Gasteiger partial charge >= 0.3 is 0 Å². The Hall–Kier alpha value is -1.43. The Morgan fingerprint density at radius 3 is 2.65 bits per heavy atom. The number of aliphatic hydroxyl groups is 1. The minimum Gasteiger partial charge on any atom is -0.390 e. The number of piperidine rings is 1. The van der Waals surface area contributed by atoms with E-state index in [4.69, 9.17) is 5.11 Å². The monoisotopic (exact) mass is 329 g/mol. The molecular weight excluding hydrogens is 306 g/mol. The van der Waals surface area contributed by atoms with Crippen molar-refractivity contribution in [3.05, 3.63) is 46.5 Å². The second kappa shape index (κ2) is 6.59. The zero-order valence-corrected chi connectivity index (χ0v) is 14.1. The first-order valence-electron chi connectivity index (χ1n) is 8.44. The third-order valence-corrected chi connectivity index (χ3v) is 6.06. The standard InChI is InChI=1S/C18H23N3OS/c22-12-16-13-23-18(19-16)20-9-6-17(7-10-20)21-8-5-14-3-1-2-4-15(14)11-21/h1-4,13,17,22H,5-12H2. The van der Waals surface area contributed by atoms with Crippen molar-refractivity contribution in [2.45, 2.75) is 38.5 Å². The van der Waals surface area contributed by atoms with Crippen molar-refractivity contribution >= 4 is 16.5 Å². The molecule has 0 unspecified atom stereocenters. The van der Waals surface area contributed by atoms with E-state index in [9.17, 15) is 0 Å². The smallest absolute Gasteiger partial charge is 0.185 e. The van der Waals surface area contributed by atoms with Gasteiger partial charge in [-0.3, -0.25) is 4.90 Å². The first-order valence-corrected chi connectivity index (χ1v) is 9.32. The van der Waals surface area contributed by atoms with Crippen LogP contribution >= 0.6 is 11.3 Å². The highest BCUT2D eigenvalue weighted by Crippen LogP contribution is 2.28. The fourth-order valence-electron chi connectivity index (χ4n) is 3.77. The topological polar surface area (TPSA) is 39.6 Å². The molecule has 1 aromatic heterocycles. The number of rotatable bonds is 3. The maximum Gasteiger partial charge on any atom is 0.185 e. The predicted octanol–water partition coefficient (Wildman–Crippen LogP) is 2.66. The van der Waals surface area contributed by atoms with Crippen molar-refractivity contribution in [2.75, 3.05) is 24.5 Å². The van der Waals surface area contributed by atoms with Gasteiger partial charge in [0, 0.05) is 37.6 Å². The summed E-state index contributed by atoms with van der Waals surface area (Å²) >= 11 is 1.65. The molecule has 0 amide bonds. The maximum absolute atomic E-state index is 9.16. The van der Waals surface area contributed by atoms with Gasteiger partial charge in [0.15, 0.2) is 5.13 Å². The van der Waals surface area contributed by atoms with E-state index < -0.39 is 0 Å². The first kappa shape index (κ1) is 15.1. The lowest BCUT2D eigenvalue weighted by atomic mass is 9.95. The van der Waals surface area contributed by atoms with Crippen LogP contribution in [0.5, 0.6) is 0 Å². The molecule has 4 nitrogen and oxygen atoms in total. The quantitative estimate of drug-likeness (QED) is 0.940. The van der Waals surface area contributed by atoms with Crippen LogP contribution < -0.4 is 4.90 Å². The molecular formula is C18H23N3OS. The fourth-order valence-corrected chi connectivity index (χ4v) is 4.64. The lowest BCUT2D eigenvalue weighted by molar-refractivity contribution is 0.153. The number of aromatic nitrogens is 1. The van der Waals surface area contributed by atoms with Gasteiger partial charge in [-0.05, 0) is 30.4 Å². The second-order valence-electron chi connectivity index (χ2n) is 6.49. The van der Waals surface area contributed by atoms with Crippen LogP contribution in [0.1, 0.15) is 29.7 Å². The molecule has 0 atom stereocenters. The molecule has 2 aromatic rings. The van der Waals surface area contributed by atoms with Crippen molar-refractivity contribution < 1.29 is 5.11 Å². The van der Waals surface area contributed by atoms with Crippen molar-refractivity contribution in [3.8, 4) is 0 Å². The van der Waals surface area contributed by atoms with Gasteiger partial charge < -0.3 is 10.0 Å². The van der Waals surface area contributed by atoms with Crippen LogP contribution in [0.15, 0.2) is 29.6 Å². The highest BCUT2D eigenvalue weighted by molar-refractivity contribution is 7.13. The molecule has 1 fully saturated rings. The minimum atomic E-state index is 0.0418. The molecule has 0 saturated carbocycles. The Kier molecular flexibility index (Phi) is 4.33. The normalized spacial score (nSPS) is 19.8. The summed E-state index contributed by atoms with van der Waals surface area (Å²) in [6.07, 6.45) is 3.59. The third-order valence-electron chi connectivity index (χ3n) is 5.11. The number of thiazole rings is 1. The fraction of sp³-hybridized carbons (Fsp3) is 0.500.